The van der Waals surface area contributed by atoms with E-state index >= 15 is 0 Å². The Labute approximate surface area is 185 Å². The molecule has 0 aliphatic carbocycles. The van der Waals surface area contributed by atoms with E-state index in [9.17, 15) is 4.79 Å². The number of hydrogen-bond donors (Lipinski definition) is 1. The van der Waals surface area contributed by atoms with Crippen LogP contribution in [0, 0.1) is 6.92 Å². The minimum Gasteiger partial charge on any atom is -0.338 e. The van der Waals surface area contributed by atoms with Crippen molar-refractivity contribution in [2.75, 3.05) is 32.7 Å². The molecule has 0 bridgehead atoms. The van der Waals surface area contributed by atoms with E-state index in [2.05, 4.69) is 102 Å². The Bertz CT molecular complexity index is 909. The van der Waals surface area contributed by atoms with Crippen LogP contribution in [-0.4, -0.2) is 48.6 Å². The van der Waals surface area contributed by atoms with E-state index < -0.39 is 0 Å². The Hall–Kier alpha value is -3.11. The van der Waals surface area contributed by atoms with Gasteiger partial charge >= 0.3 is 6.03 Å². The summed E-state index contributed by atoms with van der Waals surface area (Å²) in [6.45, 7) is 5.96. The first-order chi connectivity index (χ1) is 15.2. The van der Waals surface area contributed by atoms with E-state index in [1.807, 2.05) is 4.90 Å². The number of nitrogens with zero attached hydrogens (tertiary/aromatic N) is 2. The number of benzene rings is 3. The van der Waals surface area contributed by atoms with Crippen LogP contribution >= 0.6 is 0 Å². The van der Waals surface area contributed by atoms with Gasteiger partial charge in [-0.15, -0.1) is 0 Å². The quantitative estimate of drug-likeness (QED) is 0.638. The maximum absolute atomic E-state index is 12.7. The molecule has 1 heterocycles. The molecule has 1 N–H and O–H groups in total. The molecule has 0 unspecified atom stereocenters. The highest BCUT2D eigenvalue weighted by Crippen LogP contribution is 2.29. The molecule has 0 spiro atoms. The zero-order valence-corrected chi connectivity index (χ0v) is 18.2. The van der Waals surface area contributed by atoms with E-state index in [1.54, 1.807) is 0 Å². The van der Waals surface area contributed by atoms with E-state index in [1.165, 1.54) is 22.3 Å². The smallest absolute Gasteiger partial charge is 0.317 e. The van der Waals surface area contributed by atoms with Gasteiger partial charge in [-0.3, -0.25) is 4.90 Å². The first-order valence-corrected chi connectivity index (χ1v) is 11.1. The summed E-state index contributed by atoms with van der Waals surface area (Å²) in [6.07, 6.45) is 0.857. The second kappa shape index (κ2) is 10.3. The van der Waals surface area contributed by atoms with Crippen molar-refractivity contribution in [1.82, 2.24) is 15.1 Å². The molecule has 3 aromatic carbocycles. The van der Waals surface area contributed by atoms with Crippen LogP contribution < -0.4 is 5.32 Å². The molecule has 4 heteroatoms. The van der Waals surface area contributed by atoms with Crippen LogP contribution in [0.2, 0.25) is 0 Å². The van der Waals surface area contributed by atoms with Crippen molar-refractivity contribution in [3.8, 4) is 0 Å². The second-order valence-electron chi connectivity index (χ2n) is 8.21. The average Bonchev–Trinajstić information content (AvgIpc) is 2.82. The van der Waals surface area contributed by atoms with Crippen molar-refractivity contribution in [2.24, 2.45) is 0 Å². The third kappa shape index (κ3) is 5.53. The maximum atomic E-state index is 12.7. The third-order valence-electron chi connectivity index (χ3n) is 6.01. The van der Waals surface area contributed by atoms with Crippen LogP contribution in [0.15, 0.2) is 84.9 Å². The summed E-state index contributed by atoms with van der Waals surface area (Å²) in [4.78, 5) is 17.1. The standard InChI is InChI=1S/C27H31N3O/c1-22-12-14-23(15-13-22)16-17-28-27(31)30-20-18-29(19-21-30)26(24-8-4-2-5-9-24)25-10-6-3-7-11-25/h2-15,26H,16-21H2,1H3,(H,28,31). The molecule has 0 aromatic heterocycles. The zero-order valence-electron chi connectivity index (χ0n) is 18.2. The van der Waals surface area contributed by atoms with Crippen molar-refractivity contribution in [3.05, 3.63) is 107 Å². The molecular weight excluding hydrogens is 382 g/mol. The van der Waals surface area contributed by atoms with E-state index in [4.69, 9.17) is 0 Å². The number of carbonyl (C=O) groups excluding carboxylic acids is 1. The number of rotatable bonds is 6. The van der Waals surface area contributed by atoms with Crippen LogP contribution in [0.1, 0.15) is 28.3 Å². The van der Waals surface area contributed by atoms with Crippen molar-refractivity contribution in [2.45, 2.75) is 19.4 Å². The van der Waals surface area contributed by atoms with Gasteiger partial charge < -0.3 is 10.2 Å². The maximum Gasteiger partial charge on any atom is 0.317 e. The van der Waals surface area contributed by atoms with Crippen LogP contribution in [0.3, 0.4) is 0 Å². The lowest BCUT2D eigenvalue weighted by atomic mass is 9.96. The molecule has 0 saturated carbocycles. The monoisotopic (exact) mass is 413 g/mol. The molecule has 3 aromatic rings. The summed E-state index contributed by atoms with van der Waals surface area (Å²) in [6, 6.07) is 30.1. The first-order valence-electron chi connectivity index (χ1n) is 11.1. The number of amides is 2. The molecule has 1 fully saturated rings. The SMILES string of the molecule is Cc1ccc(CCNC(=O)N2CCN(C(c3ccccc3)c3ccccc3)CC2)cc1. The van der Waals surface area contributed by atoms with Gasteiger partial charge in [0, 0.05) is 32.7 Å². The fourth-order valence-electron chi connectivity index (χ4n) is 4.25. The van der Waals surface area contributed by atoms with Crippen molar-refractivity contribution in [3.63, 3.8) is 0 Å². The highest BCUT2D eigenvalue weighted by atomic mass is 16.2. The topological polar surface area (TPSA) is 35.6 Å². The van der Waals surface area contributed by atoms with Crippen LogP contribution in [-0.2, 0) is 6.42 Å². The molecular formula is C27H31N3O. The van der Waals surface area contributed by atoms with Gasteiger partial charge in [0.1, 0.15) is 0 Å². The van der Waals surface area contributed by atoms with Crippen LogP contribution in [0.5, 0.6) is 0 Å². The summed E-state index contributed by atoms with van der Waals surface area (Å²) in [5, 5.41) is 3.09. The highest BCUT2D eigenvalue weighted by Gasteiger charge is 2.27. The molecule has 2 amide bonds. The molecule has 4 nitrogen and oxygen atoms in total. The number of nitrogens with one attached hydrogen (secondary N) is 1. The molecule has 1 saturated heterocycles. The van der Waals surface area contributed by atoms with Gasteiger partial charge in [0.05, 0.1) is 6.04 Å². The van der Waals surface area contributed by atoms with Gasteiger partial charge in [0.25, 0.3) is 0 Å². The predicted octanol–water partition coefficient (Wildman–Crippen LogP) is 4.65. The summed E-state index contributed by atoms with van der Waals surface area (Å²) < 4.78 is 0. The van der Waals surface area contributed by atoms with E-state index in [0.717, 1.165) is 32.6 Å². The minimum absolute atomic E-state index is 0.0442. The average molecular weight is 414 g/mol. The zero-order chi connectivity index (χ0) is 21.5. The number of carbonyl (C=O) groups is 1. The molecule has 0 atom stereocenters. The Balaban J connectivity index is 1.33. The molecule has 0 radical (unpaired) electrons. The molecule has 1 aliphatic rings. The fraction of sp³-hybridized carbons (Fsp3) is 0.296. The Morgan fingerprint density at radius 3 is 1.90 bits per heavy atom. The first kappa shape index (κ1) is 21.1. The van der Waals surface area contributed by atoms with Crippen molar-refractivity contribution >= 4 is 6.03 Å². The summed E-state index contributed by atoms with van der Waals surface area (Å²) >= 11 is 0. The summed E-state index contributed by atoms with van der Waals surface area (Å²) in [7, 11) is 0. The van der Waals surface area contributed by atoms with E-state index in [0.29, 0.717) is 6.54 Å². The van der Waals surface area contributed by atoms with E-state index in [-0.39, 0.29) is 12.1 Å². The van der Waals surface area contributed by atoms with Crippen LogP contribution in [0.4, 0.5) is 4.79 Å². The summed E-state index contributed by atoms with van der Waals surface area (Å²) in [5.74, 6) is 0. The number of aryl methyl sites for hydroxylation is 1. The Morgan fingerprint density at radius 1 is 0.806 bits per heavy atom. The number of piperazine rings is 1. The van der Waals surface area contributed by atoms with Crippen molar-refractivity contribution < 1.29 is 4.79 Å². The molecule has 4 rings (SSSR count). The Kier molecular flexibility index (Phi) is 7.00. The van der Waals surface area contributed by atoms with Gasteiger partial charge in [0.15, 0.2) is 0 Å². The largest absolute Gasteiger partial charge is 0.338 e. The van der Waals surface area contributed by atoms with Gasteiger partial charge in [-0.1, -0.05) is 90.5 Å². The van der Waals surface area contributed by atoms with Crippen molar-refractivity contribution in [1.29, 1.82) is 0 Å². The lowest BCUT2D eigenvalue weighted by Gasteiger charge is -2.39. The molecule has 160 valence electrons. The normalized spacial score (nSPS) is 14.6. The van der Waals surface area contributed by atoms with Gasteiger partial charge in [-0.25, -0.2) is 4.79 Å². The highest BCUT2D eigenvalue weighted by molar-refractivity contribution is 5.74. The lowest BCUT2D eigenvalue weighted by molar-refractivity contribution is 0.120. The Morgan fingerprint density at radius 2 is 1.35 bits per heavy atom. The van der Waals surface area contributed by atoms with Gasteiger partial charge in [-0.05, 0) is 30.0 Å². The predicted molar refractivity (Wildman–Crippen MR) is 126 cm³/mol. The second-order valence-corrected chi connectivity index (χ2v) is 8.21. The van der Waals surface area contributed by atoms with Gasteiger partial charge in [0.2, 0.25) is 0 Å². The number of urea groups is 1. The van der Waals surface area contributed by atoms with Gasteiger partial charge in [-0.2, -0.15) is 0 Å². The number of hydrogen-bond acceptors (Lipinski definition) is 2. The molecule has 31 heavy (non-hydrogen) atoms. The lowest BCUT2D eigenvalue weighted by Crippen LogP contribution is -2.52. The fourth-order valence-corrected chi connectivity index (χ4v) is 4.25. The molecule has 1 aliphatic heterocycles. The summed E-state index contributed by atoms with van der Waals surface area (Å²) in [5.41, 5.74) is 5.11. The van der Waals surface area contributed by atoms with Crippen LogP contribution in [0.25, 0.3) is 0 Å². The minimum atomic E-state index is 0.0442. The third-order valence-corrected chi connectivity index (χ3v) is 6.01.